The fourth-order valence-electron chi connectivity index (χ4n) is 3.41. The van der Waals surface area contributed by atoms with Gasteiger partial charge in [-0.15, -0.1) is 0 Å². The minimum Gasteiger partial charge on any atom is -0.338 e. The predicted octanol–water partition coefficient (Wildman–Crippen LogP) is 4.07. The standard InChI is InChI=1S/C23H20N4O/c24-16-19(23(28)26-13-7-8-14-26)15-20-17-27(21-11-5-2-6-12-21)25-22(20)18-9-3-1-4-10-18/h1-6,9-12,15,17H,7-8,13-14H2/b19-15+. The van der Waals surface area contributed by atoms with Gasteiger partial charge in [-0.3, -0.25) is 4.79 Å². The highest BCUT2D eigenvalue weighted by atomic mass is 16.2. The van der Waals surface area contributed by atoms with E-state index >= 15 is 0 Å². The van der Waals surface area contributed by atoms with Crippen molar-refractivity contribution in [3.05, 3.63) is 78.0 Å². The predicted molar refractivity (Wildman–Crippen MR) is 108 cm³/mol. The van der Waals surface area contributed by atoms with E-state index < -0.39 is 0 Å². The van der Waals surface area contributed by atoms with Gasteiger partial charge in [-0.1, -0.05) is 48.5 Å². The molecule has 0 N–H and O–H groups in total. The van der Waals surface area contributed by atoms with Crippen LogP contribution in [0.15, 0.2) is 72.4 Å². The van der Waals surface area contributed by atoms with Crippen LogP contribution in [0.1, 0.15) is 18.4 Å². The lowest BCUT2D eigenvalue weighted by Crippen LogP contribution is -2.28. The topological polar surface area (TPSA) is 61.9 Å². The van der Waals surface area contributed by atoms with E-state index in [-0.39, 0.29) is 11.5 Å². The molecule has 1 fully saturated rings. The molecular weight excluding hydrogens is 348 g/mol. The van der Waals surface area contributed by atoms with Crippen LogP contribution in [0, 0.1) is 11.3 Å². The van der Waals surface area contributed by atoms with Crippen LogP contribution in [0.5, 0.6) is 0 Å². The monoisotopic (exact) mass is 368 g/mol. The molecule has 1 saturated heterocycles. The smallest absolute Gasteiger partial charge is 0.264 e. The molecule has 0 unspecified atom stereocenters. The lowest BCUT2D eigenvalue weighted by Gasteiger charge is -2.13. The number of benzene rings is 2. The second-order valence-electron chi connectivity index (χ2n) is 6.75. The summed E-state index contributed by atoms with van der Waals surface area (Å²) in [5.41, 5.74) is 3.50. The van der Waals surface area contributed by atoms with E-state index in [0.717, 1.165) is 35.3 Å². The number of aromatic nitrogens is 2. The normalized spacial score (nSPS) is 14.1. The summed E-state index contributed by atoms with van der Waals surface area (Å²) in [6, 6.07) is 21.7. The van der Waals surface area contributed by atoms with E-state index in [2.05, 4.69) is 6.07 Å². The van der Waals surface area contributed by atoms with Crippen LogP contribution in [0.25, 0.3) is 23.0 Å². The average molecular weight is 368 g/mol. The molecule has 138 valence electrons. The van der Waals surface area contributed by atoms with Crippen molar-refractivity contribution >= 4 is 12.0 Å². The SMILES string of the molecule is N#C/C(=C\c1cn(-c2ccccc2)nc1-c1ccccc1)C(=O)N1CCCC1. The Morgan fingerprint density at radius 1 is 1.00 bits per heavy atom. The number of hydrogen-bond donors (Lipinski definition) is 0. The van der Waals surface area contributed by atoms with Gasteiger partial charge in [0.15, 0.2) is 0 Å². The maximum Gasteiger partial charge on any atom is 0.264 e. The highest BCUT2D eigenvalue weighted by Gasteiger charge is 2.22. The minimum atomic E-state index is -0.202. The van der Waals surface area contributed by atoms with E-state index in [1.807, 2.05) is 66.9 Å². The Hall–Kier alpha value is -3.65. The number of likely N-dealkylation sites (tertiary alicyclic amines) is 1. The molecule has 5 nitrogen and oxygen atoms in total. The van der Waals surface area contributed by atoms with Crippen LogP contribution in [-0.2, 0) is 4.79 Å². The number of nitriles is 1. The molecule has 1 aromatic heterocycles. The molecule has 4 rings (SSSR count). The summed E-state index contributed by atoms with van der Waals surface area (Å²) < 4.78 is 1.78. The van der Waals surface area contributed by atoms with Crippen LogP contribution >= 0.6 is 0 Å². The lowest BCUT2D eigenvalue weighted by molar-refractivity contribution is -0.125. The van der Waals surface area contributed by atoms with Crippen LogP contribution in [0.4, 0.5) is 0 Å². The summed E-state index contributed by atoms with van der Waals surface area (Å²) in [6.45, 7) is 1.43. The lowest BCUT2D eigenvalue weighted by atomic mass is 10.1. The average Bonchev–Trinajstić information content (AvgIpc) is 3.43. The molecule has 0 saturated carbocycles. The molecule has 0 spiro atoms. The Morgan fingerprint density at radius 2 is 1.64 bits per heavy atom. The molecule has 1 amide bonds. The molecule has 1 aliphatic rings. The van der Waals surface area contributed by atoms with E-state index in [1.165, 1.54) is 0 Å². The molecule has 0 bridgehead atoms. The van der Waals surface area contributed by atoms with Crippen molar-refractivity contribution in [3.8, 4) is 23.0 Å². The largest absolute Gasteiger partial charge is 0.338 e. The summed E-state index contributed by atoms with van der Waals surface area (Å²) in [4.78, 5) is 14.5. The minimum absolute atomic E-state index is 0.145. The van der Waals surface area contributed by atoms with Crippen LogP contribution in [-0.4, -0.2) is 33.7 Å². The second-order valence-corrected chi connectivity index (χ2v) is 6.75. The van der Waals surface area contributed by atoms with Crippen molar-refractivity contribution in [2.24, 2.45) is 0 Å². The Bertz CT molecular complexity index is 1040. The Labute approximate surface area is 164 Å². The number of carbonyl (C=O) groups excluding carboxylic acids is 1. The second kappa shape index (κ2) is 7.93. The third kappa shape index (κ3) is 3.58. The first-order chi connectivity index (χ1) is 13.8. The van der Waals surface area contributed by atoms with Gasteiger partial charge < -0.3 is 4.90 Å². The zero-order valence-electron chi connectivity index (χ0n) is 15.5. The molecule has 0 radical (unpaired) electrons. The van der Waals surface area contributed by atoms with Crippen LogP contribution < -0.4 is 0 Å². The van der Waals surface area contributed by atoms with Gasteiger partial charge in [0, 0.05) is 30.4 Å². The van der Waals surface area contributed by atoms with Gasteiger partial charge in [-0.2, -0.15) is 10.4 Å². The zero-order chi connectivity index (χ0) is 19.3. The van der Waals surface area contributed by atoms with Gasteiger partial charge in [-0.25, -0.2) is 4.68 Å². The third-order valence-corrected chi connectivity index (χ3v) is 4.85. The Balaban J connectivity index is 1.79. The molecule has 5 heteroatoms. The summed E-state index contributed by atoms with van der Waals surface area (Å²) in [5.74, 6) is -0.202. The number of rotatable bonds is 4. The fraction of sp³-hybridized carbons (Fsp3) is 0.174. The molecule has 2 aromatic carbocycles. The first kappa shape index (κ1) is 17.7. The van der Waals surface area contributed by atoms with Crippen LogP contribution in [0.3, 0.4) is 0 Å². The first-order valence-electron chi connectivity index (χ1n) is 9.38. The summed E-state index contributed by atoms with van der Waals surface area (Å²) in [5, 5.41) is 14.3. The zero-order valence-corrected chi connectivity index (χ0v) is 15.5. The Kier molecular flexibility index (Phi) is 5.03. The van der Waals surface area contributed by atoms with Gasteiger partial charge >= 0.3 is 0 Å². The highest BCUT2D eigenvalue weighted by molar-refractivity contribution is 6.02. The van der Waals surface area contributed by atoms with E-state index in [1.54, 1.807) is 15.7 Å². The van der Waals surface area contributed by atoms with Crippen molar-refractivity contribution in [2.75, 3.05) is 13.1 Å². The molecule has 2 heterocycles. The molecule has 28 heavy (non-hydrogen) atoms. The van der Waals surface area contributed by atoms with E-state index in [0.29, 0.717) is 13.1 Å². The number of carbonyl (C=O) groups is 1. The molecular formula is C23H20N4O. The maximum atomic E-state index is 12.7. The number of para-hydroxylation sites is 1. The maximum absolute atomic E-state index is 12.7. The van der Waals surface area contributed by atoms with E-state index in [9.17, 15) is 10.1 Å². The molecule has 0 atom stereocenters. The first-order valence-corrected chi connectivity index (χ1v) is 9.38. The highest BCUT2D eigenvalue weighted by Crippen LogP contribution is 2.26. The van der Waals surface area contributed by atoms with Gasteiger partial charge in [-0.05, 0) is 31.1 Å². The number of nitrogens with zero attached hydrogens (tertiary/aromatic N) is 4. The molecule has 0 aliphatic carbocycles. The van der Waals surface area contributed by atoms with Crippen molar-refractivity contribution in [1.29, 1.82) is 5.26 Å². The van der Waals surface area contributed by atoms with Crippen LogP contribution in [0.2, 0.25) is 0 Å². The van der Waals surface area contributed by atoms with E-state index in [4.69, 9.17) is 5.10 Å². The summed E-state index contributed by atoms with van der Waals surface area (Å²) in [6.07, 6.45) is 5.51. The fourth-order valence-corrected chi connectivity index (χ4v) is 3.41. The van der Waals surface area contributed by atoms with Crippen molar-refractivity contribution in [1.82, 2.24) is 14.7 Å². The summed E-state index contributed by atoms with van der Waals surface area (Å²) in [7, 11) is 0. The van der Waals surface area contributed by atoms with Crippen molar-refractivity contribution < 1.29 is 4.79 Å². The third-order valence-electron chi connectivity index (χ3n) is 4.85. The summed E-state index contributed by atoms with van der Waals surface area (Å²) >= 11 is 0. The van der Waals surface area contributed by atoms with Crippen molar-refractivity contribution in [2.45, 2.75) is 12.8 Å². The van der Waals surface area contributed by atoms with Gasteiger partial charge in [0.25, 0.3) is 5.91 Å². The van der Waals surface area contributed by atoms with Crippen molar-refractivity contribution in [3.63, 3.8) is 0 Å². The number of hydrogen-bond acceptors (Lipinski definition) is 3. The Morgan fingerprint density at radius 3 is 2.29 bits per heavy atom. The van der Waals surface area contributed by atoms with Gasteiger partial charge in [0.1, 0.15) is 11.6 Å². The quantitative estimate of drug-likeness (QED) is 0.515. The van der Waals surface area contributed by atoms with Gasteiger partial charge in [0.05, 0.1) is 11.4 Å². The number of amides is 1. The molecule has 3 aromatic rings. The van der Waals surface area contributed by atoms with Gasteiger partial charge in [0.2, 0.25) is 0 Å². The molecule has 1 aliphatic heterocycles.